The minimum atomic E-state index is -4.27. The Balaban J connectivity index is 2.83. The number of carbonyl (C=O) groups is 1. The first-order chi connectivity index (χ1) is 7.42. The molecule has 1 rings (SSSR count). The van der Waals surface area contributed by atoms with Crippen molar-refractivity contribution in [2.75, 3.05) is 6.61 Å². The van der Waals surface area contributed by atoms with Gasteiger partial charge in [0.1, 0.15) is 0 Å². The van der Waals surface area contributed by atoms with Gasteiger partial charge in [0.2, 0.25) is 0 Å². The van der Waals surface area contributed by atoms with Crippen LogP contribution in [0.5, 0.6) is 0 Å². The SMILES string of the molecule is CCOC(=O)c1cccc(CC(F)(F)F)c1. The van der Waals surface area contributed by atoms with E-state index in [2.05, 4.69) is 0 Å². The van der Waals surface area contributed by atoms with Crippen LogP contribution in [0.3, 0.4) is 0 Å². The molecule has 5 heteroatoms. The van der Waals surface area contributed by atoms with Crippen molar-refractivity contribution in [3.05, 3.63) is 35.4 Å². The summed E-state index contributed by atoms with van der Waals surface area (Å²) in [6.07, 6.45) is -5.31. The lowest BCUT2D eigenvalue weighted by Crippen LogP contribution is -2.12. The average Bonchev–Trinajstić information content (AvgIpc) is 2.16. The zero-order valence-corrected chi connectivity index (χ0v) is 8.67. The summed E-state index contributed by atoms with van der Waals surface area (Å²) >= 11 is 0. The highest BCUT2D eigenvalue weighted by molar-refractivity contribution is 5.89. The predicted molar refractivity (Wildman–Crippen MR) is 52.2 cm³/mol. The molecule has 0 aromatic heterocycles. The van der Waals surface area contributed by atoms with Crippen LogP contribution in [-0.2, 0) is 11.2 Å². The Morgan fingerprint density at radius 3 is 2.62 bits per heavy atom. The maximum absolute atomic E-state index is 12.1. The van der Waals surface area contributed by atoms with Gasteiger partial charge < -0.3 is 4.74 Å². The van der Waals surface area contributed by atoms with Crippen molar-refractivity contribution in [2.24, 2.45) is 0 Å². The highest BCUT2D eigenvalue weighted by Gasteiger charge is 2.27. The lowest BCUT2D eigenvalue weighted by molar-refractivity contribution is -0.127. The second-order valence-electron chi connectivity index (χ2n) is 3.21. The summed E-state index contributed by atoms with van der Waals surface area (Å²) in [5.74, 6) is -0.605. The smallest absolute Gasteiger partial charge is 0.393 e. The van der Waals surface area contributed by atoms with Crippen molar-refractivity contribution in [1.29, 1.82) is 0 Å². The second kappa shape index (κ2) is 5.01. The van der Waals surface area contributed by atoms with Crippen LogP contribution in [0.2, 0.25) is 0 Å². The molecular formula is C11H11F3O2. The number of esters is 1. The largest absolute Gasteiger partial charge is 0.462 e. The number of alkyl halides is 3. The first-order valence-electron chi connectivity index (χ1n) is 4.75. The first-order valence-corrected chi connectivity index (χ1v) is 4.75. The van der Waals surface area contributed by atoms with E-state index in [1.165, 1.54) is 24.3 Å². The Labute approximate surface area is 91.0 Å². The Hall–Kier alpha value is -1.52. The number of ether oxygens (including phenoxy) is 1. The van der Waals surface area contributed by atoms with E-state index in [0.29, 0.717) is 0 Å². The van der Waals surface area contributed by atoms with Crippen molar-refractivity contribution in [3.63, 3.8) is 0 Å². The molecule has 16 heavy (non-hydrogen) atoms. The van der Waals surface area contributed by atoms with Crippen molar-refractivity contribution in [1.82, 2.24) is 0 Å². The second-order valence-corrected chi connectivity index (χ2v) is 3.21. The van der Waals surface area contributed by atoms with E-state index in [4.69, 9.17) is 4.74 Å². The molecule has 0 spiro atoms. The monoisotopic (exact) mass is 232 g/mol. The van der Waals surface area contributed by atoms with Crippen LogP contribution in [0.4, 0.5) is 13.2 Å². The highest BCUT2D eigenvalue weighted by atomic mass is 19.4. The molecule has 0 atom stereocenters. The number of benzene rings is 1. The third kappa shape index (κ3) is 3.92. The van der Waals surface area contributed by atoms with E-state index in [1.54, 1.807) is 6.92 Å². The molecule has 0 aliphatic heterocycles. The van der Waals surface area contributed by atoms with E-state index >= 15 is 0 Å². The molecule has 0 fully saturated rings. The number of hydrogen-bond acceptors (Lipinski definition) is 2. The van der Waals surface area contributed by atoms with E-state index in [9.17, 15) is 18.0 Å². The summed E-state index contributed by atoms with van der Waals surface area (Å²) in [5.41, 5.74) is 0.196. The zero-order chi connectivity index (χ0) is 12.2. The van der Waals surface area contributed by atoms with Gasteiger partial charge in [-0.2, -0.15) is 13.2 Å². The molecule has 0 saturated carbocycles. The third-order valence-corrected chi connectivity index (χ3v) is 1.84. The molecular weight excluding hydrogens is 221 g/mol. The minimum absolute atomic E-state index is 0.0538. The average molecular weight is 232 g/mol. The zero-order valence-electron chi connectivity index (χ0n) is 8.67. The number of hydrogen-bond donors (Lipinski definition) is 0. The van der Waals surface area contributed by atoms with Crippen LogP contribution in [0.25, 0.3) is 0 Å². The van der Waals surface area contributed by atoms with E-state index < -0.39 is 18.6 Å². The van der Waals surface area contributed by atoms with Crippen molar-refractivity contribution >= 4 is 5.97 Å². The Morgan fingerprint density at radius 1 is 1.38 bits per heavy atom. The van der Waals surface area contributed by atoms with Crippen molar-refractivity contribution in [2.45, 2.75) is 19.5 Å². The van der Waals surface area contributed by atoms with Crippen LogP contribution in [0.15, 0.2) is 24.3 Å². The van der Waals surface area contributed by atoms with Crippen LogP contribution >= 0.6 is 0 Å². The summed E-state index contributed by atoms with van der Waals surface area (Å²) < 4.78 is 41.0. The lowest BCUT2D eigenvalue weighted by Gasteiger charge is -2.07. The normalized spacial score (nSPS) is 11.2. The molecule has 0 saturated heterocycles. The molecule has 1 aromatic carbocycles. The number of carbonyl (C=O) groups excluding carboxylic acids is 1. The van der Waals surface area contributed by atoms with Gasteiger partial charge in [0.15, 0.2) is 0 Å². The molecule has 0 unspecified atom stereocenters. The van der Waals surface area contributed by atoms with Gasteiger partial charge in [-0.3, -0.25) is 0 Å². The summed E-state index contributed by atoms with van der Waals surface area (Å²) in [5, 5.41) is 0. The fourth-order valence-electron chi connectivity index (χ4n) is 1.25. The quantitative estimate of drug-likeness (QED) is 0.749. The van der Waals surface area contributed by atoms with E-state index in [-0.39, 0.29) is 17.7 Å². The van der Waals surface area contributed by atoms with Gasteiger partial charge in [0.05, 0.1) is 18.6 Å². The molecule has 2 nitrogen and oxygen atoms in total. The van der Waals surface area contributed by atoms with Gasteiger partial charge >= 0.3 is 12.1 Å². The topological polar surface area (TPSA) is 26.3 Å². The van der Waals surface area contributed by atoms with Crippen molar-refractivity contribution in [3.8, 4) is 0 Å². The van der Waals surface area contributed by atoms with Gasteiger partial charge in [-0.1, -0.05) is 12.1 Å². The lowest BCUT2D eigenvalue weighted by atomic mass is 10.1. The molecule has 0 aliphatic carbocycles. The summed E-state index contributed by atoms with van der Waals surface area (Å²) in [6, 6.07) is 5.37. The fraction of sp³-hybridized carbons (Fsp3) is 0.364. The maximum atomic E-state index is 12.1. The molecule has 0 radical (unpaired) electrons. The first kappa shape index (κ1) is 12.5. The maximum Gasteiger partial charge on any atom is 0.393 e. The standard InChI is InChI=1S/C11H11F3O2/c1-2-16-10(15)9-5-3-4-8(6-9)7-11(12,13)14/h3-6H,2,7H2,1H3. The molecule has 88 valence electrons. The molecule has 0 heterocycles. The Kier molecular flexibility index (Phi) is 3.93. The molecule has 0 bridgehead atoms. The van der Waals surface area contributed by atoms with Crippen LogP contribution < -0.4 is 0 Å². The predicted octanol–water partition coefficient (Wildman–Crippen LogP) is 2.97. The molecule has 1 aromatic rings. The van der Waals surface area contributed by atoms with Crippen LogP contribution in [-0.4, -0.2) is 18.8 Å². The minimum Gasteiger partial charge on any atom is -0.462 e. The van der Waals surface area contributed by atoms with Gasteiger partial charge in [0, 0.05) is 0 Å². The van der Waals surface area contributed by atoms with Crippen molar-refractivity contribution < 1.29 is 22.7 Å². The van der Waals surface area contributed by atoms with Crippen LogP contribution in [0, 0.1) is 0 Å². The molecule has 0 aliphatic rings. The van der Waals surface area contributed by atoms with Crippen LogP contribution in [0.1, 0.15) is 22.8 Å². The van der Waals surface area contributed by atoms with Gasteiger partial charge in [-0.25, -0.2) is 4.79 Å². The highest BCUT2D eigenvalue weighted by Crippen LogP contribution is 2.21. The van der Waals surface area contributed by atoms with Gasteiger partial charge in [0.25, 0.3) is 0 Å². The molecule has 0 amide bonds. The number of rotatable bonds is 3. The summed E-state index contributed by atoms with van der Waals surface area (Å²) in [7, 11) is 0. The third-order valence-electron chi connectivity index (χ3n) is 1.84. The van der Waals surface area contributed by atoms with Gasteiger partial charge in [-0.05, 0) is 24.6 Å². The summed E-state index contributed by atoms with van der Waals surface area (Å²) in [4.78, 5) is 11.3. The Morgan fingerprint density at radius 2 is 2.06 bits per heavy atom. The fourth-order valence-corrected chi connectivity index (χ4v) is 1.25. The van der Waals surface area contributed by atoms with E-state index in [0.717, 1.165) is 0 Å². The van der Waals surface area contributed by atoms with Gasteiger partial charge in [-0.15, -0.1) is 0 Å². The number of halogens is 3. The Bertz CT molecular complexity index is 372. The molecule has 0 N–H and O–H groups in total. The summed E-state index contributed by atoms with van der Waals surface area (Å²) in [6.45, 7) is 1.83. The van der Waals surface area contributed by atoms with E-state index in [1.807, 2.05) is 0 Å².